The number of carbonyl (C=O) groups excluding carboxylic acids is 2. The molecule has 5 heteroatoms. The number of nitrogens with zero attached hydrogens (tertiary/aromatic N) is 2. The summed E-state index contributed by atoms with van der Waals surface area (Å²) in [6.07, 6.45) is 3.54. The van der Waals surface area contributed by atoms with Gasteiger partial charge in [-0.1, -0.05) is 48.5 Å². The van der Waals surface area contributed by atoms with Crippen LogP contribution < -0.4 is 4.90 Å². The molecule has 0 aliphatic carbocycles. The topological polar surface area (TPSA) is 62.5 Å². The second-order valence-electron chi connectivity index (χ2n) is 7.99. The number of fused-ring (bicyclic) bond motifs is 1. The van der Waals surface area contributed by atoms with E-state index in [0.29, 0.717) is 23.4 Å². The van der Waals surface area contributed by atoms with Gasteiger partial charge in [0.15, 0.2) is 11.4 Å². The molecule has 1 N–H and O–H groups in total. The highest BCUT2D eigenvalue weighted by molar-refractivity contribution is 6.10. The van der Waals surface area contributed by atoms with Crippen molar-refractivity contribution >= 4 is 17.4 Å². The summed E-state index contributed by atoms with van der Waals surface area (Å²) in [4.78, 5) is 28.0. The molecule has 0 unspecified atom stereocenters. The molecule has 32 heavy (non-hydrogen) atoms. The van der Waals surface area contributed by atoms with Crippen LogP contribution in [0.2, 0.25) is 0 Å². The van der Waals surface area contributed by atoms with Crippen molar-refractivity contribution in [3.63, 3.8) is 0 Å². The number of amides is 1. The molecule has 4 aromatic rings. The molecule has 5 rings (SSSR count). The third kappa shape index (κ3) is 3.43. The van der Waals surface area contributed by atoms with Gasteiger partial charge in [0.1, 0.15) is 0 Å². The summed E-state index contributed by atoms with van der Waals surface area (Å²) >= 11 is 0. The van der Waals surface area contributed by atoms with Crippen LogP contribution in [0.5, 0.6) is 0 Å². The largest absolute Gasteiger partial charge is 0.375 e. The molecule has 1 aromatic heterocycles. The van der Waals surface area contributed by atoms with Crippen molar-refractivity contribution in [2.75, 3.05) is 4.90 Å². The van der Waals surface area contributed by atoms with Gasteiger partial charge in [-0.2, -0.15) is 0 Å². The van der Waals surface area contributed by atoms with Crippen LogP contribution in [0.25, 0.3) is 5.69 Å². The standard InChI is InChI=1S/C27H22N2O3/c30-25(21-12-14-22(15-13-21)28-16-6-7-17-28)18-27(32)23-10-4-5-11-24(23)29(26(27)31)19-20-8-2-1-3-9-20/h1-17,32H,18-19H2/t27-/m1/s1. The second-order valence-corrected chi connectivity index (χ2v) is 7.99. The molecule has 3 aromatic carbocycles. The van der Waals surface area contributed by atoms with Crippen LogP contribution in [0.1, 0.15) is 27.9 Å². The normalized spacial score (nSPS) is 17.4. The van der Waals surface area contributed by atoms with E-state index >= 15 is 0 Å². The van der Waals surface area contributed by atoms with Crippen LogP contribution in [0.3, 0.4) is 0 Å². The number of ketones is 1. The number of hydrogen-bond acceptors (Lipinski definition) is 3. The third-order valence-electron chi connectivity index (χ3n) is 5.93. The van der Waals surface area contributed by atoms with Gasteiger partial charge >= 0.3 is 0 Å². The molecule has 1 aliphatic heterocycles. The van der Waals surface area contributed by atoms with Gasteiger partial charge in [-0.05, 0) is 48.0 Å². The Morgan fingerprint density at radius 3 is 2.19 bits per heavy atom. The van der Waals surface area contributed by atoms with Gasteiger partial charge in [0, 0.05) is 29.2 Å². The zero-order valence-electron chi connectivity index (χ0n) is 17.4. The molecule has 1 atom stereocenters. The Labute approximate surface area is 186 Å². The monoisotopic (exact) mass is 422 g/mol. The maximum absolute atomic E-state index is 13.4. The van der Waals surface area contributed by atoms with Crippen LogP contribution in [0.15, 0.2) is 103 Å². The van der Waals surface area contributed by atoms with Crippen molar-refractivity contribution in [3.05, 3.63) is 120 Å². The van der Waals surface area contributed by atoms with E-state index in [1.165, 1.54) is 0 Å². The van der Waals surface area contributed by atoms with E-state index < -0.39 is 11.5 Å². The van der Waals surface area contributed by atoms with E-state index in [0.717, 1.165) is 11.3 Å². The van der Waals surface area contributed by atoms with Crippen molar-refractivity contribution in [2.45, 2.75) is 18.6 Å². The lowest BCUT2D eigenvalue weighted by molar-refractivity contribution is -0.136. The van der Waals surface area contributed by atoms with E-state index in [2.05, 4.69) is 0 Å². The van der Waals surface area contributed by atoms with Crippen molar-refractivity contribution in [2.24, 2.45) is 0 Å². The molecule has 0 saturated heterocycles. The van der Waals surface area contributed by atoms with E-state index in [1.807, 2.05) is 83.7 Å². The number of benzene rings is 3. The van der Waals surface area contributed by atoms with Gasteiger partial charge in [0.05, 0.1) is 18.7 Å². The van der Waals surface area contributed by atoms with Crippen LogP contribution >= 0.6 is 0 Å². The zero-order valence-corrected chi connectivity index (χ0v) is 17.4. The SMILES string of the molecule is O=C(C[C@]1(O)C(=O)N(Cc2ccccc2)c2ccccc21)c1ccc(-n2cccc2)cc1. The molecule has 5 nitrogen and oxygen atoms in total. The first-order chi connectivity index (χ1) is 15.6. The first-order valence-electron chi connectivity index (χ1n) is 10.5. The highest BCUT2D eigenvalue weighted by atomic mass is 16.3. The summed E-state index contributed by atoms with van der Waals surface area (Å²) in [6, 6.07) is 27.8. The molecule has 0 spiro atoms. The second kappa shape index (κ2) is 7.94. The lowest BCUT2D eigenvalue weighted by Crippen LogP contribution is -2.41. The maximum Gasteiger partial charge on any atom is 0.264 e. The predicted octanol–water partition coefficient (Wildman–Crippen LogP) is 4.48. The number of para-hydroxylation sites is 1. The minimum atomic E-state index is -1.89. The van der Waals surface area contributed by atoms with Gasteiger partial charge in [-0.3, -0.25) is 9.59 Å². The average Bonchev–Trinajstić information content (AvgIpc) is 3.43. The first-order valence-corrected chi connectivity index (χ1v) is 10.5. The quantitative estimate of drug-likeness (QED) is 0.466. The Bertz CT molecular complexity index is 1260. The molecular weight excluding hydrogens is 400 g/mol. The fourth-order valence-corrected chi connectivity index (χ4v) is 4.26. The highest BCUT2D eigenvalue weighted by Crippen LogP contribution is 2.43. The summed E-state index contributed by atoms with van der Waals surface area (Å²) in [5.41, 5.74) is 1.56. The third-order valence-corrected chi connectivity index (χ3v) is 5.93. The summed E-state index contributed by atoms with van der Waals surface area (Å²) in [7, 11) is 0. The van der Waals surface area contributed by atoms with Crippen molar-refractivity contribution < 1.29 is 14.7 Å². The number of rotatable bonds is 6. The van der Waals surface area contributed by atoms with Gasteiger partial charge in [-0.25, -0.2) is 0 Å². The number of hydrogen-bond donors (Lipinski definition) is 1. The average molecular weight is 422 g/mol. The van der Waals surface area contributed by atoms with E-state index in [-0.39, 0.29) is 12.2 Å². The zero-order chi connectivity index (χ0) is 22.1. The van der Waals surface area contributed by atoms with E-state index in [1.54, 1.807) is 29.2 Å². The van der Waals surface area contributed by atoms with Crippen molar-refractivity contribution in [1.29, 1.82) is 0 Å². The van der Waals surface area contributed by atoms with E-state index in [4.69, 9.17) is 0 Å². The Morgan fingerprint density at radius 2 is 1.47 bits per heavy atom. The Balaban J connectivity index is 1.42. The molecule has 0 fully saturated rings. The number of Topliss-reactive ketones (excluding diaryl/α,β-unsaturated/α-hetero) is 1. The molecule has 1 amide bonds. The lowest BCUT2D eigenvalue weighted by Gasteiger charge is -2.23. The summed E-state index contributed by atoms with van der Waals surface area (Å²) < 4.78 is 1.94. The highest BCUT2D eigenvalue weighted by Gasteiger charge is 2.50. The van der Waals surface area contributed by atoms with Crippen LogP contribution in [-0.2, 0) is 16.9 Å². The lowest BCUT2D eigenvalue weighted by atomic mass is 9.88. The first kappa shape index (κ1) is 20.0. The molecule has 1 aliphatic rings. The summed E-state index contributed by atoms with van der Waals surface area (Å²) in [5, 5.41) is 11.5. The van der Waals surface area contributed by atoms with Crippen LogP contribution in [-0.4, -0.2) is 21.4 Å². The summed E-state index contributed by atoms with van der Waals surface area (Å²) in [5.74, 6) is -0.754. The van der Waals surface area contributed by atoms with Gasteiger partial charge in [0.2, 0.25) is 0 Å². The fraction of sp³-hybridized carbons (Fsp3) is 0.111. The Hall–Kier alpha value is -3.96. The number of aromatic nitrogens is 1. The van der Waals surface area contributed by atoms with Gasteiger partial charge in [0.25, 0.3) is 5.91 Å². The minimum Gasteiger partial charge on any atom is -0.375 e. The molecular formula is C27H22N2O3. The fourth-order valence-electron chi connectivity index (χ4n) is 4.26. The molecule has 0 bridgehead atoms. The predicted molar refractivity (Wildman–Crippen MR) is 123 cm³/mol. The molecule has 0 saturated carbocycles. The van der Waals surface area contributed by atoms with Crippen LogP contribution in [0, 0.1) is 0 Å². The smallest absolute Gasteiger partial charge is 0.264 e. The number of carbonyl (C=O) groups is 2. The Morgan fingerprint density at radius 1 is 0.812 bits per heavy atom. The molecule has 2 heterocycles. The maximum atomic E-state index is 13.4. The van der Waals surface area contributed by atoms with Crippen molar-refractivity contribution in [1.82, 2.24) is 4.57 Å². The minimum absolute atomic E-state index is 0.281. The van der Waals surface area contributed by atoms with Crippen molar-refractivity contribution in [3.8, 4) is 5.69 Å². The van der Waals surface area contributed by atoms with Gasteiger partial charge in [-0.15, -0.1) is 0 Å². The van der Waals surface area contributed by atoms with Gasteiger partial charge < -0.3 is 14.6 Å². The van der Waals surface area contributed by atoms with E-state index in [9.17, 15) is 14.7 Å². The Kier molecular flexibility index (Phi) is 4.96. The number of aliphatic hydroxyl groups is 1. The molecule has 158 valence electrons. The number of anilines is 1. The summed E-state index contributed by atoms with van der Waals surface area (Å²) in [6.45, 7) is 0.332. The van der Waals surface area contributed by atoms with Crippen LogP contribution in [0.4, 0.5) is 5.69 Å². The molecule has 0 radical (unpaired) electrons.